The molecular formula is C9H15BrN2O2. The van der Waals surface area contributed by atoms with Crippen molar-refractivity contribution in [3.8, 4) is 0 Å². The van der Waals surface area contributed by atoms with Gasteiger partial charge in [0.1, 0.15) is 5.78 Å². The van der Waals surface area contributed by atoms with Gasteiger partial charge in [0.25, 0.3) is 0 Å². The first-order chi connectivity index (χ1) is 6.63. The second kappa shape index (κ2) is 5.46. The Morgan fingerprint density at radius 2 is 2.21 bits per heavy atom. The molecule has 1 heterocycles. The first-order valence-electron chi connectivity index (χ1n) is 4.74. The van der Waals surface area contributed by atoms with Crippen LogP contribution < -0.4 is 11.1 Å². The molecule has 14 heavy (non-hydrogen) atoms. The highest BCUT2D eigenvalue weighted by atomic mass is 79.9. The summed E-state index contributed by atoms with van der Waals surface area (Å²) in [5.74, 6) is 0.180. The molecular weight excluding hydrogens is 248 g/mol. The second-order valence-electron chi connectivity index (χ2n) is 3.68. The van der Waals surface area contributed by atoms with E-state index in [2.05, 4.69) is 21.2 Å². The van der Waals surface area contributed by atoms with Gasteiger partial charge in [-0.05, 0) is 25.3 Å². The predicted molar refractivity (Wildman–Crippen MR) is 57.1 cm³/mol. The number of carbonyl (C=O) groups is 2. The molecule has 0 radical (unpaired) electrons. The summed E-state index contributed by atoms with van der Waals surface area (Å²) < 4.78 is 0. The smallest absolute Gasteiger partial charge is 0.234 e. The van der Waals surface area contributed by atoms with Crippen molar-refractivity contribution in [1.82, 2.24) is 5.32 Å². The fourth-order valence-electron chi connectivity index (χ4n) is 1.77. The van der Waals surface area contributed by atoms with E-state index in [0.717, 1.165) is 13.0 Å². The summed E-state index contributed by atoms with van der Waals surface area (Å²) in [6.07, 6.45) is 2.19. The number of hydrogen-bond acceptors (Lipinski definition) is 3. The molecule has 0 spiro atoms. The number of carbonyl (C=O) groups excluding carboxylic acids is 2. The van der Waals surface area contributed by atoms with E-state index >= 15 is 0 Å². The standard InChI is InChI=1S/C9H15BrN2O2/c10-5-7(13)3-6-1-2-12-8(4-6)9(11)14/h6,8,12H,1-5H2,(H2,11,14). The van der Waals surface area contributed by atoms with E-state index in [1.54, 1.807) is 0 Å². The number of alkyl halides is 1. The summed E-state index contributed by atoms with van der Waals surface area (Å²) in [7, 11) is 0. The number of piperidine rings is 1. The van der Waals surface area contributed by atoms with Crippen LogP contribution in [0.1, 0.15) is 19.3 Å². The maximum Gasteiger partial charge on any atom is 0.234 e. The number of Topliss-reactive ketones (excluding diaryl/α,β-unsaturated/α-hetero) is 1. The third kappa shape index (κ3) is 3.38. The second-order valence-corrected chi connectivity index (χ2v) is 4.24. The highest BCUT2D eigenvalue weighted by Gasteiger charge is 2.26. The highest BCUT2D eigenvalue weighted by molar-refractivity contribution is 9.09. The lowest BCUT2D eigenvalue weighted by Gasteiger charge is -2.27. The molecule has 1 amide bonds. The van der Waals surface area contributed by atoms with Gasteiger partial charge in [0, 0.05) is 6.42 Å². The zero-order valence-electron chi connectivity index (χ0n) is 7.96. The Hall–Kier alpha value is -0.420. The number of primary amides is 1. The van der Waals surface area contributed by atoms with Crippen molar-refractivity contribution in [2.45, 2.75) is 25.3 Å². The molecule has 5 heteroatoms. The summed E-state index contributed by atoms with van der Waals surface area (Å²) in [5.41, 5.74) is 5.20. The fourth-order valence-corrected chi connectivity index (χ4v) is 2.00. The van der Waals surface area contributed by atoms with Crippen molar-refractivity contribution in [3.63, 3.8) is 0 Å². The zero-order valence-corrected chi connectivity index (χ0v) is 9.55. The van der Waals surface area contributed by atoms with Gasteiger partial charge in [0.05, 0.1) is 11.4 Å². The number of halogens is 1. The molecule has 1 saturated heterocycles. The first-order valence-corrected chi connectivity index (χ1v) is 5.86. The molecule has 80 valence electrons. The lowest BCUT2D eigenvalue weighted by molar-refractivity contribution is -0.122. The summed E-state index contributed by atoms with van der Waals surface area (Å²) in [6, 6.07) is -0.253. The van der Waals surface area contributed by atoms with Crippen LogP contribution in [-0.2, 0) is 9.59 Å². The van der Waals surface area contributed by atoms with E-state index < -0.39 is 0 Å². The van der Waals surface area contributed by atoms with E-state index in [1.807, 2.05) is 0 Å². The Kier molecular flexibility index (Phi) is 4.54. The Balaban J connectivity index is 2.40. The van der Waals surface area contributed by atoms with Crippen molar-refractivity contribution in [1.29, 1.82) is 0 Å². The van der Waals surface area contributed by atoms with E-state index in [9.17, 15) is 9.59 Å². The topological polar surface area (TPSA) is 72.2 Å². The van der Waals surface area contributed by atoms with Gasteiger partial charge in [-0.15, -0.1) is 0 Å². The quantitative estimate of drug-likeness (QED) is 0.711. The van der Waals surface area contributed by atoms with Gasteiger partial charge in [-0.2, -0.15) is 0 Å². The molecule has 4 nitrogen and oxygen atoms in total. The largest absolute Gasteiger partial charge is 0.368 e. The van der Waals surface area contributed by atoms with Gasteiger partial charge >= 0.3 is 0 Å². The molecule has 1 fully saturated rings. The third-order valence-electron chi connectivity index (χ3n) is 2.52. The van der Waals surface area contributed by atoms with Crippen LogP contribution in [-0.4, -0.2) is 29.6 Å². The molecule has 0 aliphatic carbocycles. The Bertz CT molecular complexity index is 233. The Morgan fingerprint density at radius 1 is 1.50 bits per heavy atom. The molecule has 0 bridgehead atoms. The summed E-state index contributed by atoms with van der Waals surface area (Å²) in [6.45, 7) is 0.772. The van der Waals surface area contributed by atoms with E-state index in [1.165, 1.54) is 0 Å². The number of hydrogen-bond donors (Lipinski definition) is 2. The van der Waals surface area contributed by atoms with Crippen molar-refractivity contribution < 1.29 is 9.59 Å². The van der Waals surface area contributed by atoms with Gasteiger partial charge in [0.15, 0.2) is 0 Å². The normalized spacial score (nSPS) is 27.2. The first kappa shape index (κ1) is 11.7. The van der Waals surface area contributed by atoms with Gasteiger partial charge in [0.2, 0.25) is 5.91 Å². The molecule has 0 aromatic heterocycles. The molecule has 0 saturated carbocycles. The van der Waals surface area contributed by atoms with Crippen LogP contribution in [0, 0.1) is 5.92 Å². The van der Waals surface area contributed by atoms with E-state index in [0.29, 0.717) is 24.1 Å². The molecule has 2 unspecified atom stereocenters. The zero-order chi connectivity index (χ0) is 10.6. The van der Waals surface area contributed by atoms with Crippen LogP contribution in [0.2, 0.25) is 0 Å². The summed E-state index contributed by atoms with van der Waals surface area (Å²) >= 11 is 3.13. The van der Waals surface area contributed by atoms with Crippen molar-refractivity contribution in [3.05, 3.63) is 0 Å². The average molecular weight is 263 g/mol. The van der Waals surface area contributed by atoms with Crippen molar-refractivity contribution >= 4 is 27.6 Å². The monoisotopic (exact) mass is 262 g/mol. The van der Waals surface area contributed by atoms with Crippen LogP contribution in [0.5, 0.6) is 0 Å². The van der Waals surface area contributed by atoms with Crippen LogP contribution >= 0.6 is 15.9 Å². The predicted octanol–water partition coefficient (Wildman–Crippen LogP) is 0.194. The number of amides is 1. The minimum Gasteiger partial charge on any atom is -0.368 e. The van der Waals surface area contributed by atoms with E-state index in [-0.39, 0.29) is 17.7 Å². The van der Waals surface area contributed by atoms with Crippen LogP contribution in [0.4, 0.5) is 0 Å². The Morgan fingerprint density at radius 3 is 2.79 bits per heavy atom. The van der Waals surface area contributed by atoms with Gasteiger partial charge in [-0.25, -0.2) is 0 Å². The van der Waals surface area contributed by atoms with Gasteiger partial charge < -0.3 is 11.1 Å². The molecule has 1 rings (SSSR count). The van der Waals surface area contributed by atoms with Crippen LogP contribution in [0.3, 0.4) is 0 Å². The van der Waals surface area contributed by atoms with E-state index in [4.69, 9.17) is 5.73 Å². The average Bonchev–Trinajstić information content (AvgIpc) is 2.18. The molecule has 1 aliphatic rings. The minimum absolute atomic E-state index is 0.195. The SMILES string of the molecule is NC(=O)C1CC(CC(=O)CBr)CCN1. The van der Waals surface area contributed by atoms with Crippen molar-refractivity contribution in [2.75, 3.05) is 11.9 Å². The van der Waals surface area contributed by atoms with Crippen molar-refractivity contribution in [2.24, 2.45) is 11.7 Å². The molecule has 1 aliphatic heterocycles. The Labute approximate surface area is 91.7 Å². The van der Waals surface area contributed by atoms with Crippen LogP contribution in [0.15, 0.2) is 0 Å². The number of ketones is 1. The maximum atomic E-state index is 11.2. The summed E-state index contributed by atoms with van der Waals surface area (Å²) in [5, 5.41) is 3.44. The van der Waals surface area contributed by atoms with Gasteiger partial charge in [-0.1, -0.05) is 15.9 Å². The molecule has 2 atom stereocenters. The summed E-state index contributed by atoms with van der Waals surface area (Å²) in [4.78, 5) is 22.1. The van der Waals surface area contributed by atoms with Gasteiger partial charge in [-0.3, -0.25) is 9.59 Å². The maximum absolute atomic E-state index is 11.2. The molecule has 0 aromatic carbocycles. The molecule has 0 aromatic rings. The van der Waals surface area contributed by atoms with Crippen LogP contribution in [0.25, 0.3) is 0 Å². The lowest BCUT2D eigenvalue weighted by Crippen LogP contribution is -2.47. The fraction of sp³-hybridized carbons (Fsp3) is 0.778. The minimum atomic E-state index is -0.319. The number of rotatable bonds is 4. The third-order valence-corrected chi connectivity index (χ3v) is 3.15. The highest BCUT2D eigenvalue weighted by Crippen LogP contribution is 2.20. The number of nitrogens with two attached hydrogens (primary N) is 1. The lowest BCUT2D eigenvalue weighted by atomic mass is 9.88. The molecule has 3 N–H and O–H groups in total. The number of nitrogens with one attached hydrogen (secondary N) is 1.